The van der Waals surface area contributed by atoms with E-state index in [9.17, 15) is 35.9 Å². The van der Waals surface area contributed by atoms with E-state index in [1.807, 2.05) is 0 Å². The number of para-hydroxylation sites is 2. The van der Waals surface area contributed by atoms with Gasteiger partial charge in [0.2, 0.25) is 11.8 Å². The number of carbonyl (C=O) groups excluding carboxylic acids is 2. The van der Waals surface area contributed by atoms with Crippen LogP contribution in [-0.4, -0.2) is 54.7 Å². The molecule has 1 aromatic carbocycles. The third-order valence-electron chi connectivity index (χ3n) is 5.10. The molecule has 1 aromatic rings. The zero-order valence-electron chi connectivity index (χ0n) is 15.2. The van der Waals surface area contributed by atoms with Crippen LogP contribution in [0.4, 0.5) is 37.7 Å². The minimum atomic E-state index is -4.89. The minimum Gasteiger partial charge on any atom is -0.324 e. The van der Waals surface area contributed by atoms with Crippen molar-refractivity contribution >= 4 is 23.2 Å². The number of piperidine rings is 1. The lowest BCUT2D eigenvalue weighted by molar-refractivity contribution is -0.187. The van der Waals surface area contributed by atoms with Gasteiger partial charge in [0.15, 0.2) is 0 Å². The van der Waals surface area contributed by atoms with Gasteiger partial charge in [-0.1, -0.05) is 12.1 Å². The van der Waals surface area contributed by atoms with E-state index in [1.165, 1.54) is 29.2 Å². The third-order valence-corrected chi connectivity index (χ3v) is 5.10. The molecule has 11 heteroatoms. The number of benzene rings is 1. The summed E-state index contributed by atoms with van der Waals surface area (Å²) in [6, 6.07) is 3.15. The van der Waals surface area contributed by atoms with Crippen molar-refractivity contribution in [2.45, 2.75) is 37.7 Å². The first-order valence-corrected chi connectivity index (χ1v) is 9.03. The highest BCUT2D eigenvalue weighted by Crippen LogP contribution is 2.38. The quantitative estimate of drug-likeness (QED) is 0.741. The van der Waals surface area contributed by atoms with Crippen LogP contribution in [-0.2, 0) is 9.59 Å². The number of carbonyl (C=O) groups is 2. The number of fused-ring (bicyclic) bond motifs is 1. The molecule has 2 amide bonds. The lowest BCUT2D eigenvalue weighted by atomic mass is 9.97. The van der Waals surface area contributed by atoms with Crippen LogP contribution in [0.1, 0.15) is 19.3 Å². The number of rotatable bonds is 2. The molecule has 2 aliphatic rings. The first-order chi connectivity index (χ1) is 13.5. The Kier molecular flexibility index (Phi) is 5.79. The number of amides is 2. The summed E-state index contributed by atoms with van der Waals surface area (Å²) in [5.41, 5.74) is -0.0838. The Hall–Kier alpha value is -2.30. The number of alkyl halides is 6. The first kappa shape index (κ1) is 21.4. The molecule has 0 radical (unpaired) electrons. The zero-order valence-corrected chi connectivity index (χ0v) is 15.2. The van der Waals surface area contributed by atoms with E-state index >= 15 is 0 Å². The van der Waals surface area contributed by atoms with Crippen molar-refractivity contribution in [3.8, 4) is 0 Å². The number of likely N-dealkylation sites (tertiary alicyclic amines) is 1. The van der Waals surface area contributed by atoms with Crippen molar-refractivity contribution in [1.29, 1.82) is 0 Å². The SMILES string of the molecule is O=C1CC(C(F)(F)F)N(C(=O)CN2CCCC(C(F)(F)F)C2)c2ccccc2N1. The molecule has 2 atom stereocenters. The molecule has 29 heavy (non-hydrogen) atoms. The van der Waals surface area contributed by atoms with Crippen molar-refractivity contribution in [2.75, 3.05) is 29.9 Å². The monoisotopic (exact) mass is 423 g/mol. The maximum Gasteiger partial charge on any atom is 0.409 e. The molecule has 1 fully saturated rings. The molecular weight excluding hydrogens is 404 g/mol. The Morgan fingerprint density at radius 2 is 1.79 bits per heavy atom. The van der Waals surface area contributed by atoms with Crippen molar-refractivity contribution in [3.05, 3.63) is 24.3 Å². The summed E-state index contributed by atoms with van der Waals surface area (Å²) in [6.45, 7) is -0.859. The van der Waals surface area contributed by atoms with Gasteiger partial charge >= 0.3 is 12.4 Å². The third kappa shape index (κ3) is 4.82. The number of hydrogen-bond acceptors (Lipinski definition) is 3. The molecule has 0 aromatic heterocycles. The molecule has 2 unspecified atom stereocenters. The summed E-state index contributed by atoms with van der Waals surface area (Å²) < 4.78 is 80.0. The van der Waals surface area contributed by atoms with E-state index in [-0.39, 0.29) is 30.8 Å². The van der Waals surface area contributed by atoms with Gasteiger partial charge in [-0.05, 0) is 31.5 Å². The average molecular weight is 423 g/mol. The van der Waals surface area contributed by atoms with Crippen molar-refractivity contribution in [3.63, 3.8) is 0 Å². The number of halogens is 6. The Labute approximate surface area is 162 Å². The standard InChI is InChI=1S/C18H19F6N3O2/c19-17(20,21)11-4-3-7-26(9-11)10-16(29)27-13-6-2-1-5-12(13)25-15(28)8-14(27)18(22,23)24/h1-2,5-6,11,14H,3-4,7-10H2,(H,25,28). The molecule has 160 valence electrons. The molecular formula is C18H19F6N3O2. The molecule has 3 rings (SSSR count). The van der Waals surface area contributed by atoms with Gasteiger partial charge in [-0.2, -0.15) is 26.3 Å². The van der Waals surface area contributed by atoms with Crippen LogP contribution in [0.3, 0.4) is 0 Å². The molecule has 0 spiro atoms. The Balaban J connectivity index is 1.88. The molecule has 0 aliphatic carbocycles. The first-order valence-electron chi connectivity index (χ1n) is 9.03. The molecule has 2 heterocycles. The predicted octanol–water partition coefficient (Wildman–Crippen LogP) is 3.57. The highest BCUT2D eigenvalue weighted by atomic mass is 19.4. The number of anilines is 2. The smallest absolute Gasteiger partial charge is 0.324 e. The van der Waals surface area contributed by atoms with Crippen LogP contribution < -0.4 is 10.2 Å². The van der Waals surface area contributed by atoms with E-state index in [2.05, 4.69) is 5.32 Å². The largest absolute Gasteiger partial charge is 0.409 e. The van der Waals surface area contributed by atoms with Gasteiger partial charge in [0.05, 0.1) is 30.3 Å². The van der Waals surface area contributed by atoms with Gasteiger partial charge in [-0.15, -0.1) is 0 Å². The number of nitrogens with one attached hydrogen (secondary N) is 1. The summed E-state index contributed by atoms with van der Waals surface area (Å²) in [5.74, 6) is -3.52. The Bertz CT molecular complexity index is 780. The highest BCUT2D eigenvalue weighted by Gasteiger charge is 2.49. The van der Waals surface area contributed by atoms with E-state index in [1.54, 1.807) is 0 Å². The molecule has 1 saturated heterocycles. The normalized spacial score (nSPS) is 23.9. The summed E-state index contributed by atoms with van der Waals surface area (Å²) in [4.78, 5) is 26.5. The second kappa shape index (κ2) is 7.85. The number of nitrogens with zero attached hydrogens (tertiary/aromatic N) is 2. The topological polar surface area (TPSA) is 52.7 Å². The van der Waals surface area contributed by atoms with E-state index < -0.39 is 55.6 Å². The molecule has 0 saturated carbocycles. The maximum atomic E-state index is 13.7. The van der Waals surface area contributed by atoms with E-state index in [0.717, 1.165) is 0 Å². The fourth-order valence-corrected chi connectivity index (χ4v) is 3.73. The van der Waals surface area contributed by atoms with Crippen molar-refractivity contribution in [2.24, 2.45) is 5.92 Å². The van der Waals surface area contributed by atoms with Crippen molar-refractivity contribution in [1.82, 2.24) is 4.90 Å². The predicted molar refractivity (Wildman–Crippen MR) is 92.2 cm³/mol. The zero-order chi connectivity index (χ0) is 21.4. The van der Waals surface area contributed by atoms with Crippen LogP contribution in [0.2, 0.25) is 0 Å². The van der Waals surface area contributed by atoms with Crippen LogP contribution in [0, 0.1) is 5.92 Å². The van der Waals surface area contributed by atoms with Crippen LogP contribution in [0.15, 0.2) is 24.3 Å². The van der Waals surface area contributed by atoms with Gasteiger partial charge < -0.3 is 5.32 Å². The lowest BCUT2D eigenvalue weighted by Crippen LogP contribution is -2.53. The molecule has 1 N–H and O–H groups in total. The summed E-state index contributed by atoms with van der Waals surface area (Å²) in [7, 11) is 0. The molecule has 0 bridgehead atoms. The summed E-state index contributed by atoms with van der Waals surface area (Å²) in [6.07, 6.45) is -10.2. The van der Waals surface area contributed by atoms with E-state index in [0.29, 0.717) is 4.90 Å². The summed E-state index contributed by atoms with van der Waals surface area (Å²) in [5, 5.41) is 2.34. The Morgan fingerprint density at radius 3 is 2.45 bits per heavy atom. The molecule has 5 nitrogen and oxygen atoms in total. The van der Waals surface area contributed by atoms with Gasteiger partial charge in [-0.3, -0.25) is 19.4 Å². The van der Waals surface area contributed by atoms with Crippen LogP contribution in [0.5, 0.6) is 0 Å². The van der Waals surface area contributed by atoms with Crippen LogP contribution >= 0.6 is 0 Å². The fraction of sp³-hybridized carbons (Fsp3) is 0.556. The fourth-order valence-electron chi connectivity index (χ4n) is 3.73. The summed E-state index contributed by atoms with van der Waals surface area (Å²) >= 11 is 0. The van der Waals surface area contributed by atoms with Gasteiger partial charge in [0, 0.05) is 6.54 Å². The Morgan fingerprint density at radius 1 is 1.10 bits per heavy atom. The second-order valence-corrected chi connectivity index (χ2v) is 7.21. The van der Waals surface area contributed by atoms with Crippen molar-refractivity contribution < 1.29 is 35.9 Å². The van der Waals surface area contributed by atoms with Crippen LogP contribution in [0.25, 0.3) is 0 Å². The van der Waals surface area contributed by atoms with Gasteiger partial charge in [-0.25, -0.2) is 0 Å². The minimum absolute atomic E-state index is 0.0458. The maximum absolute atomic E-state index is 13.7. The second-order valence-electron chi connectivity index (χ2n) is 7.21. The lowest BCUT2D eigenvalue weighted by Gasteiger charge is -2.36. The molecule has 2 aliphatic heterocycles. The average Bonchev–Trinajstić information content (AvgIpc) is 2.76. The highest BCUT2D eigenvalue weighted by molar-refractivity contribution is 6.05. The van der Waals surface area contributed by atoms with E-state index in [4.69, 9.17) is 0 Å². The number of hydrogen-bond donors (Lipinski definition) is 1. The van der Waals surface area contributed by atoms with Gasteiger partial charge in [0.25, 0.3) is 0 Å². The van der Waals surface area contributed by atoms with Gasteiger partial charge in [0.1, 0.15) is 6.04 Å².